The minimum Gasteiger partial charge on any atom is -0.391 e. The van der Waals surface area contributed by atoms with E-state index >= 15 is 0 Å². The Balaban J connectivity index is 1.46. The van der Waals surface area contributed by atoms with Gasteiger partial charge < -0.3 is 21.1 Å². The van der Waals surface area contributed by atoms with Crippen LogP contribution in [0.15, 0.2) is 28.1 Å². The molecular formula is C25H31BrN4O4S. The average molecular weight is 564 g/mol. The van der Waals surface area contributed by atoms with Crippen molar-refractivity contribution in [2.24, 2.45) is 5.92 Å². The number of nitrogens with one attached hydrogen (secondary N) is 3. The van der Waals surface area contributed by atoms with Gasteiger partial charge in [-0.15, -0.1) is 11.3 Å². The molecule has 0 aliphatic heterocycles. The Morgan fingerprint density at radius 1 is 1.06 bits per heavy atom. The summed E-state index contributed by atoms with van der Waals surface area (Å²) in [7, 11) is 0. The summed E-state index contributed by atoms with van der Waals surface area (Å²) in [5, 5.41) is 19.9. The first kappa shape index (κ1) is 25.8. The maximum Gasteiger partial charge on any atom is 0.272 e. The second-order valence-corrected chi connectivity index (χ2v) is 11.9. The number of rotatable bonds is 7. The lowest BCUT2D eigenvalue weighted by molar-refractivity contribution is -0.133. The van der Waals surface area contributed by atoms with Crippen LogP contribution in [0.1, 0.15) is 84.2 Å². The van der Waals surface area contributed by atoms with E-state index in [1.165, 1.54) is 18.3 Å². The van der Waals surface area contributed by atoms with Crippen molar-refractivity contribution in [2.45, 2.75) is 76.6 Å². The van der Waals surface area contributed by atoms with Gasteiger partial charge in [0.1, 0.15) is 9.83 Å². The second kappa shape index (κ2) is 11.2. The number of nitrogens with zero attached hydrogens (tertiary/aromatic N) is 1. The van der Waals surface area contributed by atoms with Crippen molar-refractivity contribution in [1.82, 2.24) is 20.9 Å². The second-order valence-electron chi connectivity index (χ2n) is 9.36. The largest absolute Gasteiger partial charge is 0.391 e. The fourth-order valence-corrected chi connectivity index (χ4v) is 6.59. The van der Waals surface area contributed by atoms with E-state index < -0.39 is 18.1 Å². The Hall–Kier alpha value is -2.30. The number of aliphatic hydroxyl groups is 1. The Morgan fingerprint density at radius 2 is 1.66 bits per heavy atom. The number of fused-ring (bicyclic) bond motifs is 1. The van der Waals surface area contributed by atoms with Crippen LogP contribution in [-0.4, -0.2) is 40.0 Å². The summed E-state index contributed by atoms with van der Waals surface area (Å²) >= 11 is 4.83. The molecule has 4 rings (SSSR count). The summed E-state index contributed by atoms with van der Waals surface area (Å²) in [4.78, 5) is 42.9. The molecule has 2 aromatic rings. The summed E-state index contributed by atoms with van der Waals surface area (Å²) in [5.74, 6) is -0.910. The highest BCUT2D eigenvalue weighted by Crippen LogP contribution is 2.37. The SMILES string of the molecule is Cc1nc(C(=O)NC2CCC(NC(=O)C(NC(=O)C3CCCC3)C(C)O)c3ccccc32)c(Br)s1. The quantitative estimate of drug-likeness (QED) is 0.410. The zero-order chi connectivity index (χ0) is 25.1. The monoisotopic (exact) mass is 562 g/mol. The number of carbonyl (C=O) groups is 3. The van der Waals surface area contributed by atoms with Crippen LogP contribution >= 0.6 is 27.3 Å². The van der Waals surface area contributed by atoms with Gasteiger partial charge in [-0.1, -0.05) is 37.1 Å². The lowest BCUT2D eigenvalue weighted by Gasteiger charge is -2.33. The van der Waals surface area contributed by atoms with E-state index in [2.05, 4.69) is 36.9 Å². The van der Waals surface area contributed by atoms with Gasteiger partial charge in [-0.3, -0.25) is 14.4 Å². The molecule has 0 radical (unpaired) electrons. The van der Waals surface area contributed by atoms with Gasteiger partial charge in [-0.25, -0.2) is 4.98 Å². The molecule has 1 heterocycles. The Kier molecular flexibility index (Phi) is 8.23. The van der Waals surface area contributed by atoms with E-state index in [-0.39, 0.29) is 29.8 Å². The first-order valence-electron chi connectivity index (χ1n) is 12.1. The molecule has 2 aliphatic carbocycles. The maximum atomic E-state index is 13.1. The molecule has 0 bridgehead atoms. The summed E-state index contributed by atoms with van der Waals surface area (Å²) in [5.41, 5.74) is 2.22. The fraction of sp³-hybridized carbons (Fsp3) is 0.520. The molecule has 1 fully saturated rings. The zero-order valence-electron chi connectivity index (χ0n) is 19.8. The normalized spacial score (nSPS) is 21.6. The highest BCUT2D eigenvalue weighted by Gasteiger charge is 2.34. The number of hydrogen-bond donors (Lipinski definition) is 4. The molecule has 4 atom stereocenters. The lowest BCUT2D eigenvalue weighted by atomic mass is 9.84. The average Bonchev–Trinajstić information content (AvgIpc) is 3.48. The van der Waals surface area contributed by atoms with Gasteiger partial charge >= 0.3 is 0 Å². The predicted octanol–water partition coefficient (Wildman–Crippen LogP) is 3.69. The highest BCUT2D eigenvalue weighted by molar-refractivity contribution is 9.11. The van der Waals surface area contributed by atoms with Crippen molar-refractivity contribution in [3.8, 4) is 0 Å². The summed E-state index contributed by atoms with van der Waals surface area (Å²) in [6.07, 6.45) is 3.88. The minimum absolute atomic E-state index is 0.0923. The number of hydrogen-bond acceptors (Lipinski definition) is 6. The first-order valence-corrected chi connectivity index (χ1v) is 13.7. The standard InChI is InChI=1S/C25H31BrN4O4S/c1-13(31)20(30-23(32)15-7-3-4-8-15)24(33)28-18-11-12-19(17-10-6-5-9-16(17)18)29-25(34)21-22(26)35-14(2)27-21/h5-6,9-10,13,15,18-20,31H,3-4,7-8,11-12H2,1-2H3,(H,28,33)(H,29,34)(H,30,32). The number of carbonyl (C=O) groups excluding carboxylic acids is 3. The molecule has 4 unspecified atom stereocenters. The van der Waals surface area contributed by atoms with Gasteiger partial charge in [0.05, 0.1) is 23.2 Å². The zero-order valence-corrected chi connectivity index (χ0v) is 22.2. The smallest absolute Gasteiger partial charge is 0.272 e. The molecular weight excluding hydrogens is 532 g/mol. The molecule has 1 aromatic heterocycles. The van der Waals surface area contributed by atoms with Crippen molar-refractivity contribution >= 4 is 45.0 Å². The molecule has 0 spiro atoms. The molecule has 10 heteroatoms. The molecule has 8 nitrogen and oxygen atoms in total. The fourth-order valence-electron chi connectivity index (χ4n) is 4.98. The van der Waals surface area contributed by atoms with E-state index in [1.54, 1.807) is 0 Å². The number of aryl methyl sites for hydroxylation is 1. The Labute approximate surface area is 217 Å². The van der Waals surface area contributed by atoms with Gasteiger partial charge in [0.25, 0.3) is 5.91 Å². The third-order valence-electron chi connectivity index (χ3n) is 6.81. The van der Waals surface area contributed by atoms with Crippen LogP contribution in [0.4, 0.5) is 0 Å². The van der Waals surface area contributed by atoms with Crippen LogP contribution in [0.25, 0.3) is 0 Å². The number of benzene rings is 1. The molecule has 1 aromatic carbocycles. The first-order chi connectivity index (χ1) is 16.7. The third-order valence-corrected chi connectivity index (χ3v) is 8.43. The van der Waals surface area contributed by atoms with Crippen LogP contribution in [-0.2, 0) is 9.59 Å². The van der Waals surface area contributed by atoms with Crippen LogP contribution in [0.5, 0.6) is 0 Å². The van der Waals surface area contributed by atoms with Crippen molar-refractivity contribution < 1.29 is 19.5 Å². The van der Waals surface area contributed by atoms with Gasteiger partial charge in [0, 0.05) is 5.92 Å². The topological polar surface area (TPSA) is 120 Å². The summed E-state index contributed by atoms with van der Waals surface area (Å²) in [6, 6.07) is 6.18. The van der Waals surface area contributed by atoms with E-state index in [9.17, 15) is 19.5 Å². The lowest BCUT2D eigenvalue weighted by Crippen LogP contribution is -2.54. The van der Waals surface area contributed by atoms with E-state index in [1.807, 2.05) is 31.2 Å². The third kappa shape index (κ3) is 5.92. The number of amides is 3. The predicted molar refractivity (Wildman–Crippen MR) is 137 cm³/mol. The molecule has 2 aliphatic rings. The van der Waals surface area contributed by atoms with Gasteiger partial charge in [-0.05, 0) is 66.6 Å². The molecule has 0 saturated heterocycles. The van der Waals surface area contributed by atoms with E-state index in [0.717, 1.165) is 41.8 Å². The van der Waals surface area contributed by atoms with Crippen molar-refractivity contribution in [3.05, 3.63) is 49.9 Å². The Morgan fingerprint density at radius 3 is 2.20 bits per heavy atom. The Bertz CT molecular complexity index is 1100. The number of aromatic nitrogens is 1. The van der Waals surface area contributed by atoms with Crippen LogP contribution in [0.3, 0.4) is 0 Å². The molecule has 3 amide bonds. The molecule has 4 N–H and O–H groups in total. The highest BCUT2D eigenvalue weighted by atomic mass is 79.9. The number of aliphatic hydroxyl groups excluding tert-OH is 1. The van der Waals surface area contributed by atoms with Gasteiger partial charge in [0.2, 0.25) is 11.8 Å². The van der Waals surface area contributed by atoms with Gasteiger partial charge in [-0.2, -0.15) is 0 Å². The maximum absolute atomic E-state index is 13.1. The van der Waals surface area contributed by atoms with Crippen LogP contribution in [0, 0.1) is 12.8 Å². The summed E-state index contributed by atoms with van der Waals surface area (Å²) in [6.45, 7) is 3.37. The molecule has 1 saturated carbocycles. The van der Waals surface area contributed by atoms with Crippen LogP contribution in [0.2, 0.25) is 0 Å². The van der Waals surface area contributed by atoms with Crippen molar-refractivity contribution in [2.75, 3.05) is 0 Å². The molecule has 35 heavy (non-hydrogen) atoms. The van der Waals surface area contributed by atoms with E-state index in [0.29, 0.717) is 22.3 Å². The minimum atomic E-state index is -1.02. The summed E-state index contributed by atoms with van der Waals surface area (Å²) < 4.78 is 0.700. The van der Waals surface area contributed by atoms with Crippen molar-refractivity contribution in [1.29, 1.82) is 0 Å². The van der Waals surface area contributed by atoms with E-state index in [4.69, 9.17) is 0 Å². The molecule has 188 valence electrons. The van der Waals surface area contributed by atoms with Crippen LogP contribution < -0.4 is 16.0 Å². The number of halogens is 1. The van der Waals surface area contributed by atoms with Crippen molar-refractivity contribution in [3.63, 3.8) is 0 Å². The number of thiazole rings is 1. The van der Waals surface area contributed by atoms with Gasteiger partial charge in [0.15, 0.2) is 5.69 Å².